The number of nitrogens with zero attached hydrogens (tertiary/aromatic N) is 5. The average Bonchev–Trinajstić information content (AvgIpc) is 3.06. The molecule has 0 atom stereocenters. The van der Waals surface area contributed by atoms with Crippen molar-refractivity contribution in [2.75, 3.05) is 7.05 Å². The fourth-order valence-electron chi connectivity index (χ4n) is 2.45. The smallest absolute Gasteiger partial charge is 0.340 e. The minimum Gasteiger partial charge on any atom is -0.340 e. The number of alkyl halides is 3. The van der Waals surface area contributed by atoms with Crippen LogP contribution in [0.25, 0.3) is 0 Å². The average molecular weight is 412 g/mol. The molecule has 1 amide bonds. The molecule has 6 nitrogen and oxygen atoms in total. The fraction of sp³-hybridized carbons (Fsp3) is 0.533. The third-order valence-corrected chi connectivity index (χ3v) is 4.72. The maximum absolute atomic E-state index is 12.8. The third-order valence-electron chi connectivity index (χ3n) is 3.95. The summed E-state index contributed by atoms with van der Waals surface area (Å²) in [6.07, 6.45) is -3.15. The van der Waals surface area contributed by atoms with Crippen LogP contribution in [0.4, 0.5) is 13.2 Å². The van der Waals surface area contributed by atoms with E-state index < -0.39 is 16.9 Å². The Balaban J connectivity index is 2.03. The van der Waals surface area contributed by atoms with Gasteiger partial charge in [0.2, 0.25) is 5.91 Å². The second-order valence-electron chi connectivity index (χ2n) is 5.72. The molecule has 0 N–H and O–H groups in total. The van der Waals surface area contributed by atoms with Crippen LogP contribution >= 0.6 is 23.2 Å². The highest BCUT2D eigenvalue weighted by Crippen LogP contribution is 2.35. The first-order chi connectivity index (χ1) is 12.1. The van der Waals surface area contributed by atoms with Crippen LogP contribution in [0, 0.1) is 6.92 Å². The highest BCUT2D eigenvalue weighted by atomic mass is 35.5. The van der Waals surface area contributed by atoms with Gasteiger partial charge in [0.25, 0.3) is 0 Å². The molecular formula is C15H18Cl2F3N5O. The van der Waals surface area contributed by atoms with Crippen LogP contribution in [-0.2, 0) is 30.6 Å². The number of rotatable bonds is 6. The van der Waals surface area contributed by atoms with E-state index in [9.17, 15) is 18.0 Å². The molecule has 0 aliphatic rings. The first-order valence-electron chi connectivity index (χ1n) is 7.80. The molecule has 0 aliphatic carbocycles. The van der Waals surface area contributed by atoms with E-state index >= 15 is 0 Å². The fourth-order valence-corrected chi connectivity index (χ4v) is 2.89. The lowest BCUT2D eigenvalue weighted by atomic mass is 10.3. The molecule has 2 aromatic rings. The lowest BCUT2D eigenvalue weighted by Crippen LogP contribution is -2.28. The van der Waals surface area contributed by atoms with Crippen molar-refractivity contribution >= 4 is 29.1 Å². The van der Waals surface area contributed by atoms with Crippen LogP contribution in [0.2, 0.25) is 10.0 Å². The molecule has 2 rings (SSSR count). The second-order valence-corrected chi connectivity index (χ2v) is 6.51. The highest BCUT2D eigenvalue weighted by Gasteiger charge is 2.38. The van der Waals surface area contributed by atoms with E-state index in [2.05, 4.69) is 10.2 Å². The summed E-state index contributed by atoms with van der Waals surface area (Å²) in [4.78, 5) is 13.8. The van der Waals surface area contributed by atoms with Gasteiger partial charge in [0.05, 0.1) is 40.7 Å². The van der Waals surface area contributed by atoms with E-state index in [0.29, 0.717) is 17.3 Å². The zero-order chi connectivity index (χ0) is 19.6. The van der Waals surface area contributed by atoms with Crippen molar-refractivity contribution in [2.45, 2.75) is 46.1 Å². The first-order valence-corrected chi connectivity index (χ1v) is 8.56. The summed E-state index contributed by atoms with van der Waals surface area (Å²) in [7, 11) is 1.59. The van der Waals surface area contributed by atoms with E-state index in [1.807, 2.05) is 6.92 Å². The summed E-state index contributed by atoms with van der Waals surface area (Å²) in [5.41, 5.74) is -0.277. The molecule has 0 saturated heterocycles. The van der Waals surface area contributed by atoms with Gasteiger partial charge in [-0.1, -0.05) is 23.2 Å². The first kappa shape index (κ1) is 20.6. The summed E-state index contributed by atoms with van der Waals surface area (Å²) in [5.74, 6) is -0.260. The van der Waals surface area contributed by atoms with Gasteiger partial charge in [-0.3, -0.25) is 14.2 Å². The van der Waals surface area contributed by atoms with Crippen LogP contribution in [0.5, 0.6) is 0 Å². The Labute approximate surface area is 158 Å². The Morgan fingerprint density at radius 3 is 2.50 bits per heavy atom. The van der Waals surface area contributed by atoms with Crippen molar-refractivity contribution in [2.24, 2.45) is 0 Å². The maximum Gasteiger partial charge on any atom is 0.436 e. The van der Waals surface area contributed by atoms with Crippen LogP contribution < -0.4 is 0 Å². The number of hydrogen-bond donors (Lipinski definition) is 0. The second kappa shape index (κ2) is 7.87. The Bertz CT molecular complexity index is 800. The summed E-state index contributed by atoms with van der Waals surface area (Å²) in [6, 6.07) is 0. The standard InChI is InChI=1S/C15H18Cl2F3N5O/c1-4-24-11(10(16)7-21-24)8-23(3)12(26)5-6-25-9(2)13(17)14(22-25)15(18,19)20/h7H,4-6,8H2,1-3H3. The molecule has 0 unspecified atom stereocenters. The van der Waals surface area contributed by atoms with Gasteiger partial charge in [-0.2, -0.15) is 23.4 Å². The molecule has 0 spiro atoms. The molecule has 0 fully saturated rings. The monoisotopic (exact) mass is 411 g/mol. The SMILES string of the molecule is CCn1ncc(Cl)c1CN(C)C(=O)CCn1nc(C(F)(F)F)c(Cl)c1C. The zero-order valence-corrected chi connectivity index (χ0v) is 16.0. The molecule has 144 valence electrons. The van der Waals surface area contributed by atoms with E-state index in [4.69, 9.17) is 23.2 Å². The Hall–Kier alpha value is -1.74. The topological polar surface area (TPSA) is 56.0 Å². The van der Waals surface area contributed by atoms with Crippen molar-refractivity contribution in [3.63, 3.8) is 0 Å². The molecule has 0 bridgehead atoms. The molecule has 11 heteroatoms. The van der Waals surface area contributed by atoms with E-state index in [-0.39, 0.29) is 31.1 Å². The zero-order valence-electron chi connectivity index (χ0n) is 14.4. The van der Waals surface area contributed by atoms with Crippen LogP contribution in [0.15, 0.2) is 6.20 Å². The van der Waals surface area contributed by atoms with Crippen molar-refractivity contribution in [1.29, 1.82) is 0 Å². The molecule has 0 radical (unpaired) electrons. The normalized spacial score (nSPS) is 11.8. The summed E-state index contributed by atoms with van der Waals surface area (Å²) < 4.78 is 41.3. The van der Waals surface area contributed by atoms with E-state index in [0.717, 1.165) is 4.68 Å². The van der Waals surface area contributed by atoms with Crippen LogP contribution in [0.3, 0.4) is 0 Å². The number of hydrogen-bond acceptors (Lipinski definition) is 3. The molecular weight excluding hydrogens is 394 g/mol. The number of carbonyl (C=O) groups is 1. The van der Waals surface area contributed by atoms with Gasteiger partial charge in [0.1, 0.15) is 0 Å². The minimum atomic E-state index is -4.64. The number of carbonyl (C=O) groups excluding carboxylic acids is 1. The highest BCUT2D eigenvalue weighted by molar-refractivity contribution is 6.32. The Morgan fingerprint density at radius 1 is 1.31 bits per heavy atom. The molecule has 0 aliphatic heterocycles. The summed E-state index contributed by atoms with van der Waals surface area (Å²) in [5, 5.41) is 7.59. The van der Waals surface area contributed by atoms with Gasteiger partial charge >= 0.3 is 6.18 Å². The van der Waals surface area contributed by atoms with Gasteiger partial charge in [0, 0.05) is 20.0 Å². The molecule has 2 heterocycles. The van der Waals surface area contributed by atoms with Crippen molar-refractivity contribution < 1.29 is 18.0 Å². The predicted octanol–water partition coefficient (Wildman–Crippen LogP) is 3.78. The molecule has 2 aromatic heterocycles. The third kappa shape index (κ3) is 4.32. The largest absolute Gasteiger partial charge is 0.436 e. The summed E-state index contributed by atoms with van der Waals surface area (Å²) in [6.45, 7) is 4.18. The lowest BCUT2D eigenvalue weighted by Gasteiger charge is -2.18. The minimum absolute atomic E-state index is 0.00835. The van der Waals surface area contributed by atoms with Crippen LogP contribution in [0.1, 0.15) is 30.4 Å². The van der Waals surface area contributed by atoms with Gasteiger partial charge in [-0.15, -0.1) is 0 Å². The van der Waals surface area contributed by atoms with Crippen molar-refractivity contribution in [3.8, 4) is 0 Å². The van der Waals surface area contributed by atoms with E-state index in [1.165, 1.54) is 18.0 Å². The van der Waals surface area contributed by atoms with Gasteiger partial charge in [-0.05, 0) is 13.8 Å². The maximum atomic E-state index is 12.8. The quantitative estimate of drug-likeness (QED) is 0.726. The Kier molecular flexibility index (Phi) is 6.23. The lowest BCUT2D eigenvalue weighted by molar-refractivity contribution is -0.141. The van der Waals surface area contributed by atoms with E-state index in [1.54, 1.807) is 11.7 Å². The molecule has 26 heavy (non-hydrogen) atoms. The number of aromatic nitrogens is 4. The summed E-state index contributed by atoms with van der Waals surface area (Å²) >= 11 is 11.8. The number of amides is 1. The van der Waals surface area contributed by atoms with Gasteiger partial charge in [0.15, 0.2) is 5.69 Å². The number of halogens is 5. The van der Waals surface area contributed by atoms with Gasteiger partial charge < -0.3 is 4.90 Å². The van der Waals surface area contributed by atoms with Crippen molar-refractivity contribution in [3.05, 3.63) is 33.3 Å². The molecule has 0 aromatic carbocycles. The van der Waals surface area contributed by atoms with Gasteiger partial charge in [-0.25, -0.2) is 0 Å². The molecule has 0 saturated carbocycles. The Morgan fingerprint density at radius 2 is 1.96 bits per heavy atom. The van der Waals surface area contributed by atoms with Crippen LogP contribution in [-0.4, -0.2) is 37.4 Å². The number of aryl methyl sites for hydroxylation is 2. The van der Waals surface area contributed by atoms with Crippen molar-refractivity contribution in [1.82, 2.24) is 24.5 Å². The predicted molar refractivity (Wildman–Crippen MR) is 91.0 cm³/mol.